The highest BCUT2D eigenvalue weighted by Gasteiger charge is 2.13. The predicted molar refractivity (Wildman–Crippen MR) is 88.2 cm³/mol. The first-order valence-electron chi connectivity index (χ1n) is 6.28. The summed E-state index contributed by atoms with van der Waals surface area (Å²) in [6.45, 7) is 0. The molecule has 0 aliphatic rings. The number of hydrogen-bond acceptors (Lipinski definition) is 1. The van der Waals surface area contributed by atoms with Gasteiger partial charge in [0.1, 0.15) is 11.6 Å². The first-order chi connectivity index (χ1) is 10.1. The number of aryl methyl sites for hydroxylation is 1. The minimum absolute atomic E-state index is 0.307. The van der Waals surface area contributed by atoms with Crippen molar-refractivity contribution < 1.29 is 4.39 Å². The Morgan fingerprint density at radius 2 is 2.00 bits per heavy atom. The topological polar surface area (TPSA) is 17.8 Å². The van der Waals surface area contributed by atoms with Gasteiger partial charge in [-0.3, -0.25) is 4.57 Å². The Bertz CT molecular complexity index is 817. The van der Waals surface area contributed by atoms with Crippen molar-refractivity contribution in [2.75, 3.05) is 5.88 Å². The third kappa shape index (κ3) is 2.80. The van der Waals surface area contributed by atoms with E-state index < -0.39 is 0 Å². The summed E-state index contributed by atoms with van der Waals surface area (Å²) in [6, 6.07) is 10.2. The molecule has 0 saturated heterocycles. The number of fused-ring (bicyclic) bond motifs is 1. The van der Waals surface area contributed by atoms with Crippen molar-refractivity contribution in [1.29, 1.82) is 0 Å². The Kier molecular flexibility index (Phi) is 4.20. The van der Waals surface area contributed by atoms with Crippen LogP contribution in [0.2, 0.25) is 5.02 Å². The second kappa shape index (κ2) is 5.95. The maximum Gasteiger partial charge on any atom is 0.125 e. The number of alkyl halides is 1. The van der Waals surface area contributed by atoms with Crippen molar-refractivity contribution in [1.82, 2.24) is 9.55 Å². The van der Waals surface area contributed by atoms with Gasteiger partial charge in [0.2, 0.25) is 0 Å². The van der Waals surface area contributed by atoms with E-state index in [4.69, 9.17) is 23.2 Å². The normalized spacial score (nSPS) is 11.2. The van der Waals surface area contributed by atoms with E-state index in [2.05, 4.69) is 20.9 Å². The lowest BCUT2D eigenvalue weighted by Crippen LogP contribution is -2.02. The molecule has 2 aromatic carbocycles. The van der Waals surface area contributed by atoms with Gasteiger partial charge >= 0.3 is 0 Å². The number of halogens is 4. The summed E-state index contributed by atoms with van der Waals surface area (Å²) in [5.41, 5.74) is 2.31. The molecular formula is C15H10BrCl2FN2. The quantitative estimate of drug-likeness (QED) is 0.553. The van der Waals surface area contributed by atoms with E-state index in [-0.39, 0.29) is 5.82 Å². The van der Waals surface area contributed by atoms with Gasteiger partial charge in [-0.1, -0.05) is 11.6 Å². The van der Waals surface area contributed by atoms with Crippen molar-refractivity contribution in [3.8, 4) is 5.69 Å². The lowest BCUT2D eigenvalue weighted by molar-refractivity contribution is 0.629. The van der Waals surface area contributed by atoms with Crippen LogP contribution in [0.1, 0.15) is 5.82 Å². The SMILES string of the molecule is Fc1ccc2c(c1)nc(CCCl)n2-c1ccc(Br)c(Cl)c1. The van der Waals surface area contributed by atoms with Crippen LogP contribution in [-0.2, 0) is 6.42 Å². The average molecular weight is 388 g/mol. The minimum Gasteiger partial charge on any atom is -0.296 e. The van der Waals surface area contributed by atoms with E-state index in [1.165, 1.54) is 12.1 Å². The Balaban J connectivity index is 2.27. The highest BCUT2D eigenvalue weighted by Crippen LogP contribution is 2.28. The van der Waals surface area contributed by atoms with Gasteiger partial charge in [-0.25, -0.2) is 9.37 Å². The van der Waals surface area contributed by atoms with Crippen LogP contribution in [0, 0.1) is 5.82 Å². The molecule has 0 amide bonds. The molecule has 0 spiro atoms. The maximum absolute atomic E-state index is 13.4. The predicted octanol–water partition coefficient (Wildman–Crippen LogP) is 5.36. The fourth-order valence-electron chi connectivity index (χ4n) is 2.27. The van der Waals surface area contributed by atoms with Crippen LogP contribution in [0.5, 0.6) is 0 Å². The van der Waals surface area contributed by atoms with E-state index in [0.29, 0.717) is 22.8 Å². The van der Waals surface area contributed by atoms with E-state index >= 15 is 0 Å². The van der Waals surface area contributed by atoms with Gasteiger partial charge in [-0.15, -0.1) is 11.6 Å². The molecular weight excluding hydrogens is 378 g/mol. The van der Waals surface area contributed by atoms with E-state index in [1.807, 2.05) is 22.8 Å². The van der Waals surface area contributed by atoms with E-state index in [0.717, 1.165) is 21.5 Å². The molecule has 0 aliphatic carbocycles. The number of nitrogens with zero attached hydrogens (tertiary/aromatic N) is 2. The molecule has 21 heavy (non-hydrogen) atoms. The molecule has 0 bridgehead atoms. The fraction of sp³-hybridized carbons (Fsp3) is 0.133. The molecule has 1 aromatic heterocycles. The zero-order valence-electron chi connectivity index (χ0n) is 10.8. The molecule has 2 nitrogen and oxygen atoms in total. The third-order valence-electron chi connectivity index (χ3n) is 3.17. The Morgan fingerprint density at radius 3 is 2.71 bits per heavy atom. The van der Waals surface area contributed by atoms with Crippen LogP contribution in [0.3, 0.4) is 0 Å². The fourth-order valence-corrected chi connectivity index (χ4v) is 2.86. The van der Waals surface area contributed by atoms with Gasteiger partial charge in [0.25, 0.3) is 0 Å². The molecule has 0 unspecified atom stereocenters. The summed E-state index contributed by atoms with van der Waals surface area (Å²) < 4.78 is 16.2. The second-order valence-corrected chi connectivity index (χ2v) is 6.17. The van der Waals surface area contributed by atoms with Gasteiger partial charge in [0.15, 0.2) is 0 Å². The average Bonchev–Trinajstić information content (AvgIpc) is 2.79. The number of aromatic nitrogens is 2. The summed E-state index contributed by atoms with van der Waals surface area (Å²) in [6.07, 6.45) is 0.589. The Labute approximate surface area is 139 Å². The van der Waals surface area contributed by atoms with Crippen LogP contribution in [0.4, 0.5) is 4.39 Å². The van der Waals surface area contributed by atoms with Crippen LogP contribution < -0.4 is 0 Å². The van der Waals surface area contributed by atoms with E-state index in [9.17, 15) is 4.39 Å². The summed E-state index contributed by atoms with van der Waals surface area (Å²) in [5, 5.41) is 0.605. The van der Waals surface area contributed by atoms with Crippen molar-refractivity contribution in [3.63, 3.8) is 0 Å². The number of imidazole rings is 1. The highest BCUT2D eigenvalue weighted by molar-refractivity contribution is 9.10. The molecule has 3 rings (SSSR count). The first-order valence-corrected chi connectivity index (χ1v) is 7.99. The van der Waals surface area contributed by atoms with Crippen molar-refractivity contribution in [2.24, 2.45) is 0 Å². The van der Waals surface area contributed by atoms with Crippen LogP contribution in [0.25, 0.3) is 16.7 Å². The molecule has 0 aliphatic heterocycles. The Morgan fingerprint density at radius 1 is 1.19 bits per heavy atom. The first kappa shape index (κ1) is 14.8. The zero-order valence-corrected chi connectivity index (χ0v) is 13.9. The van der Waals surface area contributed by atoms with E-state index in [1.54, 1.807) is 6.07 Å². The second-order valence-electron chi connectivity index (χ2n) is 4.53. The van der Waals surface area contributed by atoms with Crippen LogP contribution in [-0.4, -0.2) is 15.4 Å². The molecule has 0 fully saturated rings. The third-order valence-corrected chi connectivity index (χ3v) is 4.59. The largest absolute Gasteiger partial charge is 0.296 e. The molecule has 1 heterocycles. The highest BCUT2D eigenvalue weighted by atomic mass is 79.9. The lowest BCUT2D eigenvalue weighted by Gasteiger charge is -2.09. The lowest BCUT2D eigenvalue weighted by atomic mass is 10.2. The summed E-state index contributed by atoms with van der Waals surface area (Å²) in [4.78, 5) is 4.48. The monoisotopic (exact) mass is 386 g/mol. The van der Waals surface area contributed by atoms with Gasteiger partial charge in [-0.2, -0.15) is 0 Å². The standard InChI is InChI=1S/C15H10BrCl2FN2/c16-11-3-2-10(8-12(11)18)21-14-4-1-9(19)7-13(14)20-15(21)5-6-17/h1-4,7-8H,5-6H2. The van der Waals surface area contributed by atoms with Gasteiger partial charge in [0, 0.05) is 28.5 Å². The number of rotatable bonds is 3. The molecule has 108 valence electrons. The Hall–Kier alpha value is -1.10. The molecule has 0 saturated carbocycles. The van der Waals surface area contributed by atoms with Crippen LogP contribution in [0.15, 0.2) is 40.9 Å². The van der Waals surface area contributed by atoms with Crippen molar-refractivity contribution >= 4 is 50.2 Å². The van der Waals surface area contributed by atoms with Gasteiger partial charge in [-0.05, 0) is 46.3 Å². The van der Waals surface area contributed by atoms with Gasteiger partial charge < -0.3 is 0 Å². The van der Waals surface area contributed by atoms with Crippen LogP contribution >= 0.6 is 39.1 Å². The molecule has 3 aromatic rings. The molecule has 6 heteroatoms. The molecule has 0 N–H and O–H groups in total. The minimum atomic E-state index is -0.307. The van der Waals surface area contributed by atoms with Gasteiger partial charge in [0.05, 0.1) is 16.1 Å². The summed E-state index contributed by atoms with van der Waals surface area (Å²) in [7, 11) is 0. The maximum atomic E-state index is 13.4. The number of hydrogen-bond donors (Lipinski definition) is 0. The zero-order chi connectivity index (χ0) is 15.0. The van der Waals surface area contributed by atoms with Crippen molar-refractivity contribution in [2.45, 2.75) is 6.42 Å². The molecule has 0 atom stereocenters. The summed E-state index contributed by atoms with van der Waals surface area (Å²) >= 11 is 15.4. The smallest absolute Gasteiger partial charge is 0.125 e. The van der Waals surface area contributed by atoms with Crippen molar-refractivity contribution in [3.05, 3.63) is 57.5 Å². The molecule has 0 radical (unpaired) electrons. The number of benzene rings is 2. The summed E-state index contributed by atoms with van der Waals surface area (Å²) in [5.74, 6) is 0.915.